The third-order valence-corrected chi connectivity index (χ3v) is 6.91. The minimum absolute atomic E-state index is 0.176. The van der Waals surface area contributed by atoms with Crippen molar-refractivity contribution in [2.24, 2.45) is 0 Å². The molecule has 0 spiro atoms. The monoisotopic (exact) mass is 189 g/mol. The minimum atomic E-state index is -1.54. The van der Waals surface area contributed by atoms with Gasteiger partial charge in [0.15, 0.2) is 0 Å². The van der Waals surface area contributed by atoms with Crippen LogP contribution in [0.1, 0.15) is 6.92 Å². The first kappa shape index (κ1) is 10.0. The van der Waals surface area contributed by atoms with Gasteiger partial charge in [-0.1, -0.05) is 55.5 Å². The zero-order valence-electron chi connectivity index (χ0n) is 8.41. The van der Waals surface area contributed by atoms with Crippen LogP contribution >= 0.6 is 0 Å². The summed E-state index contributed by atoms with van der Waals surface area (Å²) in [6, 6.07) is 12.8. The van der Waals surface area contributed by atoms with Crippen molar-refractivity contribution in [2.75, 3.05) is 0 Å². The highest BCUT2D eigenvalue weighted by molar-refractivity contribution is 6.91. The van der Waals surface area contributed by atoms with Gasteiger partial charge in [0.05, 0.1) is 14.1 Å². The molecule has 0 aliphatic carbocycles. The van der Waals surface area contributed by atoms with Gasteiger partial charge in [-0.05, 0) is 0 Å². The number of nitriles is 1. The molecule has 0 heterocycles. The van der Waals surface area contributed by atoms with Crippen molar-refractivity contribution < 1.29 is 0 Å². The first-order valence-corrected chi connectivity index (χ1v) is 7.62. The summed E-state index contributed by atoms with van der Waals surface area (Å²) in [5.74, 6) is 0. The fraction of sp³-hybridized carbons (Fsp3) is 0.364. The van der Waals surface area contributed by atoms with Crippen molar-refractivity contribution in [1.82, 2.24) is 0 Å². The number of hydrogen-bond donors (Lipinski definition) is 0. The maximum atomic E-state index is 8.92. The molecule has 0 saturated carbocycles. The fourth-order valence-corrected chi connectivity index (χ4v) is 3.15. The van der Waals surface area contributed by atoms with Gasteiger partial charge >= 0.3 is 0 Å². The molecule has 0 fully saturated rings. The first-order valence-electron chi connectivity index (χ1n) is 4.54. The Morgan fingerprint density at radius 2 is 1.77 bits per heavy atom. The van der Waals surface area contributed by atoms with Gasteiger partial charge < -0.3 is 0 Å². The van der Waals surface area contributed by atoms with E-state index in [0.717, 1.165) is 0 Å². The molecular formula is C11H15NSi. The van der Waals surface area contributed by atoms with E-state index >= 15 is 0 Å². The Morgan fingerprint density at radius 3 is 2.23 bits per heavy atom. The van der Waals surface area contributed by atoms with Gasteiger partial charge in [0.2, 0.25) is 0 Å². The van der Waals surface area contributed by atoms with Gasteiger partial charge in [-0.25, -0.2) is 0 Å². The van der Waals surface area contributed by atoms with Gasteiger partial charge in [-0.3, -0.25) is 0 Å². The molecule has 1 atom stereocenters. The molecule has 0 aliphatic heterocycles. The highest BCUT2D eigenvalue weighted by Gasteiger charge is 2.29. The molecule has 0 N–H and O–H groups in total. The highest BCUT2D eigenvalue weighted by atomic mass is 28.3. The Hall–Kier alpha value is -1.07. The summed E-state index contributed by atoms with van der Waals surface area (Å²) in [7, 11) is -1.54. The van der Waals surface area contributed by atoms with Gasteiger partial charge in [0, 0.05) is 5.54 Å². The average molecular weight is 189 g/mol. The molecule has 68 valence electrons. The molecule has 0 aliphatic rings. The van der Waals surface area contributed by atoms with Crippen LogP contribution in [0.4, 0.5) is 0 Å². The molecule has 1 aromatic rings. The summed E-state index contributed by atoms with van der Waals surface area (Å²) in [6.07, 6.45) is 0. The lowest BCUT2D eigenvalue weighted by atomic mass is 10.4. The Balaban J connectivity index is 3.02. The molecule has 1 aromatic carbocycles. The topological polar surface area (TPSA) is 23.8 Å². The maximum absolute atomic E-state index is 8.92. The largest absolute Gasteiger partial charge is 0.198 e. The van der Waals surface area contributed by atoms with Gasteiger partial charge in [-0.2, -0.15) is 5.26 Å². The van der Waals surface area contributed by atoms with Crippen LogP contribution in [-0.4, -0.2) is 8.07 Å². The SMILES string of the molecule is C[C@@H](C#N)[Si](C)(C)c1ccccc1. The van der Waals surface area contributed by atoms with Crippen molar-refractivity contribution >= 4 is 13.3 Å². The standard InChI is InChI=1S/C11H15NSi/c1-10(9-12)13(2,3)11-7-5-4-6-8-11/h4-8,10H,1-3H3/t10-/m0/s1. The normalized spacial score (nSPS) is 13.4. The summed E-state index contributed by atoms with van der Waals surface area (Å²) in [6.45, 7) is 6.52. The van der Waals surface area contributed by atoms with Crippen molar-refractivity contribution in [3.63, 3.8) is 0 Å². The summed E-state index contributed by atoms with van der Waals surface area (Å²) in [5.41, 5.74) is 0.176. The highest BCUT2D eigenvalue weighted by Crippen LogP contribution is 2.19. The second kappa shape index (κ2) is 3.76. The minimum Gasteiger partial charge on any atom is -0.198 e. The Bertz CT molecular complexity index is 311. The predicted octanol–water partition coefficient (Wildman–Crippen LogP) is 2.52. The predicted molar refractivity (Wildman–Crippen MR) is 58.6 cm³/mol. The fourth-order valence-electron chi connectivity index (χ4n) is 1.28. The number of nitrogens with zero attached hydrogens (tertiary/aromatic N) is 1. The average Bonchev–Trinajstić information content (AvgIpc) is 2.18. The molecule has 1 rings (SSSR count). The number of hydrogen-bond acceptors (Lipinski definition) is 1. The van der Waals surface area contributed by atoms with E-state index in [0.29, 0.717) is 0 Å². The lowest BCUT2D eigenvalue weighted by Crippen LogP contribution is -2.44. The Morgan fingerprint density at radius 1 is 1.23 bits per heavy atom. The molecule has 0 amide bonds. The molecule has 0 radical (unpaired) electrons. The van der Waals surface area contributed by atoms with Crippen LogP contribution in [0.15, 0.2) is 30.3 Å². The Kier molecular flexibility index (Phi) is 2.89. The van der Waals surface area contributed by atoms with Gasteiger partial charge in [0.25, 0.3) is 0 Å². The van der Waals surface area contributed by atoms with Crippen LogP contribution in [0.2, 0.25) is 18.6 Å². The van der Waals surface area contributed by atoms with E-state index in [1.54, 1.807) is 0 Å². The zero-order valence-corrected chi connectivity index (χ0v) is 9.41. The lowest BCUT2D eigenvalue weighted by molar-refractivity contribution is 1.15. The van der Waals surface area contributed by atoms with Crippen LogP contribution in [0.25, 0.3) is 0 Å². The van der Waals surface area contributed by atoms with Crippen molar-refractivity contribution in [2.45, 2.75) is 25.6 Å². The Labute approximate surface area is 81.0 Å². The van der Waals surface area contributed by atoms with Crippen molar-refractivity contribution in [1.29, 1.82) is 5.26 Å². The summed E-state index contributed by atoms with van der Waals surface area (Å²) < 4.78 is 0. The molecule has 0 unspecified atom stereocenters. The van der Waals surface area contributed by atoms with Crippen molar-refractivity contribution in [3.8, 4) is 6.07 Å². The molecule has 1 nitrogen and oxygen atoms in total. The van der Waals surface area contributed by atoms with E-state index in [4.69, 9.17) is 5.26 Å². The first-order chi connectivity index (χ1) is 6.09. The number of rotatable bonds is 2. The van der Waals surface area contributed by atoms with Crippen molar-refractivity contribution in [3.05, 3.63) is 30.3 Å². The summed E-state index contributed by atoms with van der Waals surface area (Å²) in [4.78, 5) is 0. The molecular weight excluding hydrogens is 174 g/mol. The summed E-state index contributed by atoms with van der Waals surface area (Å²) >= 11 is 0. The van der Waals surface area contributed by atoms with E-state index in [1.807, 2.05) is 25.1 Å². The molecule has 2 heteroatoms. The molecule has 0 bridgehead atoms. The zero-order chi connectivity index (χ0) is 9.90. The van der Waals surface area contributed by atoms with Crippen LogP contribution in [-0.2, 0) is 0 Å². The van der Waals surface area contributed by atoms with Crippen LogP contribution in [0.5, 0.6) is 0 Å². The van der Waals surface area contributed by atoms with Crippen LogP contribution in [0.3, 0.4) is 0 Å². The van der Waals surface area contributed by atoms with E-state index in [9.17, 15) is 0 Å². The quantitative estimate of drug-likeness (QED) is 0.656. The third-order valence-electron chi connectivity index (χ3n) is 2.79. The summed E-state index contributed by atoms with van der Waals surface area (Å²) in [5, 5.41) is 10.3. The van der Waals surface area contributed by atoms with Gasteiger partial charge in [0.1, 0.15) is 0 Å². The van der Waals surface area contributed by atoms with Crippen LogP contribution in [0, 0.1) is 11.3 Å². The van der Waals surface area contributed by atoms with Crippen LogP contribution < -0.4 is 5.19 Å². The third kappa shape index (κ3) is 1.99. The number of benzene rings is 1. The lowest BCUT2D eigenvalue weighted by Gasteiger charge is -2.25. The van der Waals surface area contributed by atoms with E-state index in [2.05, 4.69) is 31.3 Å². The maximum Gasteiger partial charge on any atom is 0.0986 e. The molecule has 0 saturated heterocycles. The van der Waals surface area contributed by atoms with E-state index in [1.165, 1.54) is 5.19 Å². The van der Waals surface area contributed by atoms with Gasteiger partial charge in [-0.15, -0.1) is 0 Å². The second-order valence-electron chi connectivity index (χ2n) is 3.94. The van der Waals surface area contributed by atoms with E-state index in [-0.39, 0.29) is 5.54 Å². The molecule has 13 heavy (non-hydrogen) atoms. The van der Waals surface area contributed by atoms with E-state index < -0.39 is 8.07 Å². The second-order valence-corrected chi connectivity index (χ2v) is 8.83. The smallest absolute Gasteiger partial charge is 0.0986 e. The molecule has 0 aromatic heterocycles.